The van der Waals surface area contributed by atoms with Crippen molar-refractivity contribution in [1.82, 2.24) is 9.97 Å². The van der Waals surface area contributed by atoms with Crippen LogP contribution in [-0.4, -0.2) is 25.0 Å². The van der Waals surface area contributed by atoms with Gasteiger partial charge in [-0.15, -0.1) is 0 Å². The molecule has 0 saturated heterocycles. The number of benzene rings is 3. The molecule has 0 aliphatic rings. The lowest BCUT2D eigenvalue weighted by molar-refractivity contribution is 0.304. The number of rotatable bonds is 17. The number of nitrogens with zero attached hydrogens (tertiary/aromatic N) is 1. The molecule has 1 aromatic heterocycles. The van der Waals surface area contributed by atoms with Crippen LogP contribution in [0.25, 0.3) is 22.6 Å². The van der Waals surface area contributed by atoms with Gasteiger partial charge in [-0.25, -0.2) is 13.4 Å². The van der Waals surface area contributed by atoms with Gasteiger partial charge in [0.15, 0.2) is 0 Å². The van der Waals surface area contributed by atoms with Gasteiger partial charge in [0.2, 0.25) is 0 Å². The van der Waals surface area contributed by atoms with Gasteiger partial charge in [0.05, 0.1) is 22.9 Å². The van der Waals surface area contributed by atoms with Gasteiger partial charge in [-0.2, -0.15) is 0 Å². The number of aryl methyl sites for hydroxylation is 1. The highest BCUT2D eigenvalue weighted by Crippen LogP contribution is 2.32. The molecule has 0 bridgehead atoms. The molecule has 3 aromatic carbocycles. The van der Waals surface area contributed by atoms with Crippen LogP contribution in [0, 0.1) is 6.92 Å². The van der Waals surface area contributed by atoms with E-state index in [9.17, 15) is 8.42 Å². The number of nitrogens with one attached hydrogen (secondary N) is 2. The fourth-order valence-electron chi connectivity index (χ4n) is 4.93. The summed E-state index contributed by atoms with van der Waals surface area (Å²) in [5.74, 6) is 1.42. The number of sulfonamides is 1. The standard InChI is InChI=1S/C34H43N3O3S/c1-3-4-5-6-7-8-9-10-11-17-26-40-29-22-24-30(25-23-29)41(38,39)37-32-21-16-15-20-31(32)33-27(2)35-34(36-33)28-18-13-12-14-19-28/h12-16,18-25,37H,3-11,17,26H2,1-2H3,(H,35,36). The molecule has 0 fully saturated rings. The summed E-state index contributed by atoms with van der Waals surface area (Å²) in [5.41, 5.74) is 3.72. The van der Waals surface area contributed by atoms with E-state index in [1.165, 1.54) is 51.4 Å². The minimum absolute atomic E-state index is 0.183. The Morgan fingerprint density at radius 2 is 1.37 bits per heavy atom. The molecule has 0 radical (unpaired) electrons. The average Bonchev–Trinajstić information content (AvgIpc) is 3.38. The number of hydrogen-bond acceptors (Lipinski definition) is 4. The van der Waals surface area contributed by atoms with Crippen molar-refractivity contribution >= 4 is 15.7 Å². The molecule has 6 nitrogen and oxygen atoms in total. The van der Waals surface area contributed by atoms with E-state index >= 15 is 0 Å². The minimum atomic E-state index is -3.81. The Morgan fingerprint density at radius 3 is 2.05 bits per heavy atom. The Labute approximate surface area is 245 Å². The number of unbranched alkanes of at least 4 members (excludes halogenated alkanes) is 9. The van der Waals surface area contributed by atoms with Gasteiger partial charge in [0, 0.05) is 16.8 Å². The van der Waals surface area contributed by atoms with E-state index in [-0.39, 0.29) is 4.90 Å². The summed E-state index contributed by atoms with van der Waals surface area (Å²) in [7, 11) is -3.81. The molecule has 0 aliphatic heterocycles. The number of anilines is 1. The lowest BCUT2D eigenvalue weighted by atomic mass is 10.1. The number of H-pyrrole nitrogens is 1. The first-order valence-electron chi connectivity index (χ1n) is 14.9. The maximum atomic E-state index is 13.3. The highest BCUT2D eigenvalue weighted by Gasteiger charge is 2.19. The van der Waals surface area contributed by atoms with Crippen LogP contribution >= 0.6 is 0 Å². The maximum Gasteiger partial charge on any atom is 0.261 e. The van der Waals surface area contributed by atoms with E-state index < -0.39 is 10.0 Å². The Hall–Kier alpha value is -3.58. The van der Waals surface area contributed by atoms with Crippen molar-refractivity contribution in [3.8, 4) is 28.4 Å². The predicted octanol–water partition coefficient (Wildman–Crippen LogP) is 9.15. The van der Waals surface area contributed by atoms with Crippen molar-refractivity contribution in [2.45, 2.75) is 83.0 Å². The third-order valence-corrected chi connectivity index (χ3v) is 8.64. The minimum Gasteiger partial charge on any atom is -0.494 e. The Morgan fingerprint density at radius 1 is 0.756 bits per heavy atom. The highest BCUT2D eigenvalue weighted by molar-refractivity contribution is 7.92. The SMILES string of the molecule is CCCCCCCCCCCCOc1ccc(S(=O)(=O)Nc2ccccc2-c2nc(-c3ccccc3)[nH]c2C)cc1. The monoisotopic (exact) mass is 573 g/mol. The van der Waals surface area contributed by atoms with Crippen LogP contribution < -0.4 is 9.46 Å². The van der Waals surface area contributed by atoms with Crippen molar-refractivity contribution in [2.24, 2.45) is 0 Å². The molecule has 2 N–H and O–H groups in total. The zero-order valence-electron chi connectivity index (χ0n) is 24.4. The molecule has 0 aliphatic carbocycles. The van der Waals surface area contributed by atoms with Crippen LogP contribution in [0.3, 0.4) is 0 Å². The number of imidazole rings is 1. The summed E-state index contributed by atoms with van der Waals surface area (Å²) in [6.07, 6.45) is 12.8. The van der Waals surface area contributed by atoms with Gasteiger partial charge in [-0.05, 0) is 43.7 Å². The second kappa shape index (κ2) is 15.4. The summed E-state index contributed by atoms with van der Waals surface area (Å²) in [6, 6.07) is 23.8. The quantitative estimate of drug-likeness (QED) is 0.123. The third kappa shape index (κ3) is 8.95. The topological polar surface area (TPSA) is 84.1 Å². The van der Waals surface area contributed by atoms with Crippen LogP contribution in [0.1, 0.15) is 76.8 Å². The van der Waals surface area contributed by atoms with E-state index in [2.05, 4.69) is 16.6 Å². The van der Waals surface area contributed by atoms with Gasteiger partial charge < -0.3 is 9.72 Å². The molecule has 218 valence electrons. The molecule has 0 spiro atoms. The van der Waals surface area contributed by atoms with Crippen LogP contribution in [-0.2, 0) is 10.0 Å². The first kappa shape index (κ1) is 30.4. The molecule has 0 amide bonds. The zero-order valence-corrected chi connectivity index (χ0v) is 25.2. The van der Waals surface area contributed by atoms with E-state index in [0.717, 1.165) is 29.9 Å². The molecule has 4 rings (SSSR count). The van der Waals surface area contributed by atoms with Crippen LogP contribution in [0.4, 0.5) is 5.69 Å². The Bertz CT molecular complexity index is 1450. The fraction of sp³-hybridized carbons (Fsp3) is 0.382. The average molecular weight is 574 g/mol. The van der Waals surface area contributed by atoms with Crippen molar-refractivity contribution in [1.29, 1.82) is 0 Å². The summed E-state index contributed by atoms with van der Waals surface area (Å²) in [4.78, 5) is 8.30. The van der Waals surface area contributed by atoms with Gasteiger partial charge in [0.25, 0.3) is 10.0 Å². The van der Waals surface area contributed by atoms with Crippen LogP contribution in [0.5, 0.6) is 5.75 Å². The van der Waals surface area contributed by atoms with E-state index in [1.54, 1.807) is 30.3 Å². The summed E-state index contributed by atoms with van der Waals surface area (Å²) in [5, 5.41) is 0. The molecular weight excluding hydrogens is 530 g/mol. The van der Waals surface area contributed by atoms with E-state index in [0.29, 0.717) is 29.3 Å². The van der Waals surface area contributed by atoms with Gasteiger partial charge >= 0.3 is 0 Å². The Kier molecular flexibility index (Phi) is 11.4. The number of aromatic nitrogens is 2. The van der Waals surface area contributed by atoms with Crippen molar-refractivity contribution < 1.29 is 13.2 Å². The lowest BCUT2D eigenvalue weighted by Gasteiger charge is -2.13. The molecule has 0 saturated carbocycles. The summed E-state index contributed by atoms with van der Waals surface area (Å²) < 4.78 is 35.2. The number of hydrogen-bond donors (Lipinski definition) is 2. The molecule has 7 heteroatoms. The second-order valence-corrected chi connectivity index (χ2v) is 12.3. The predicted molar refractivity (Wildman–Crippen MR) is 169 cm³/mol. The number of para-hydroxylation sites is 1. The normalized spacial score (nSPS) is 11.5. The van der Waals surface area contributed by atoms with Crippen molar-refractivity contribution in [2.75, 3.05) is 11.3 Å². The van der Waals surface area contributed by atoms with Crippen molar-refractivity contribution in [3.63, 3.8) is 0 Å². The van der Waals surface area contributed by atoms with Gasteiger partial charge in [-0.1, -0.05) is 113 Å². The molecule has 1 heterocycles. The first-order chi connectivity index (χ1) is 20.0. The van der Waals surface area contributed by atoms with Crippen LogP contribution in [0.15, 0.2) is 83.8 Å². The van der Waals surface area contributed by atoms with Gasteiger partial charge in [-0.3, -0.25) is 4.72 Å². The lowest BCUT2D eigenvalue weighted by Crippen LogP contribution is -2.13. The third-order valence-electron chi connectivity index (χ3n) is 7.26. The zero-order chi connectivity index (χ0) is 28.9. The largest absolute Gasteiger partial charge is 0.494 e. The molecular formula is C34H43N3O3S. The molecule has 0 unspecified atom stereocenters. The molecule has 4 aromatic rings. The highest BCUT2D eigenvalue weighted by atomic mass is 32.2. The number of ether oxygens (including phenoxy) is 1. The maximum absolute atomic E-state index is 13.3. The first-order valence-corrected chi connectivity index (χ1v) is 16.4. The number of aromatic amines is 1. The van der Waals surface area contributed by atoms with E-state index in [1.807, 2.05) is 55.5 Å². The fourth-order valence-corrected chi connectivity index (χ4v) is 6.01. The van der Waals surface area contributed by atoms with E-state index in [4.69, 9.17) is 9.72 Å². The van der Waals surface area contributed by atoms with Crippen molar-refractivity contribution in [3.05, 3.63) is 84.6 Å². The second-order valence-electron chi connectivity index (χ2n) is 10.6. The smallest absolute Gasteiger partial charge is 0.261 e. The summed E-state index contributed by atoms with van der Waals surface area (Å²) in [6.45, 7) is 4.83. The molecule has 0 atom stereocenters. The summed E-state index contributed by atoms with van der Waals surface area (Å²) >= 11 is 0. The van der Waals surface area contributed by atoms with Gasteiger partial charge in [0.1, 0.15) is 11.6 Å². The van der Waals surface area contributed by atoms with Crippen LogP contribution in [0.2, 0.25) is 0 Å². The molecule has 41 heavy (non-hydrogen) atoms. The Balaban J connectivity index is 1.30.